The predicted molar refractivity (Wildman–Crippen MR) is 62.8 cm³/mol. The van der Waals surface area contributed by atoms with E-state index in [-0.39, 0.29) is 5.91 Å². The molecule has 0 atom stereocenters. The number of nitrogens with one attached hydrogen (secondary N) is 1. The second-order valence-electron chi connectivity index (χ2n) is 4.51. The summed E-state index contributed by atoms with van der Waals surface area (Å²) in [6.07, 6.45) is 4.77. The van der Waals surface area contributed by atoms with Gasteiger partial charge in [-0.05, 0) is 25.0 Å². The first-order chi connectivity index (χ1) is 8.16. The van der Waals surface area contributed by atoms with Crippen molar-refractivity contribution in [2.24, 2.45) is 11.1 Å². The van der Waals surface area contributed by atoms with Gasteiger partial charge < -0.3 is 11.1 Å². The fourth-order valence-electron chi connectivity index (χ4n) is 2.27. The summed E-state index contributed by atoms with van der Waals surface area (Å²) in [5.74, 6) is -0.148. The number of hydrogen-bond acceptors (Lipinski definition) is 3. The minimum absolute atomic E-state index is 0.100. The van der Waals surface area contributed by atoms with E-state index in [1.807, 2.05) is 0 Å². The zero-order valence-corrected chi connectivity index (χ0v) is 9.58. The molecule has 2 rings (SSSR count). The lowest BCUT2D eigenvalue weighted by molar-refractivity contribution is -0.124. The Labute approximate surface area is 99.4 Å². The Morgan fingerprint density at radius 2 is 2.18 bits per heavy atom. The first-order valence-corrected chi connectivity index (χ1v) is 5.79. The molecule has 1 aliphatic carbocycles. The van der Waals surface area contributed by atoms with Gasteiger partial charge in [0.05, 0.1) is 11.6 Å². The minimum atomic E-state index is -0.462. The number of halogens is 1. The summed E-state index contributed by atoms with van der Waals surface area (Å²) >= 11 is 0. The minimum Gasteiger partial charge on any atom is -0.329 e. The van der Waals surface area contributed by atoms with Crippen molar-refractivity contribution in [1.82, 2.24) is 4.98 Å². The number of hydrogen-bond donors (Lipinski definition) is 2. The second kappa shape index (κ2) is 4.79. The lowest BCUT2D eigenvalue weighted by Gasteiger charge is -2.25. The maximum Gasteiger partial charge on any atom is 0.233 e. The Kier molecular flexibility index (Phi) is 3.38. The van der Waals surface area contributed by atoms with Crippen LogP contribution in [-0.4, -0.2) is 17.4 Å². The number of carbonyl (C=O) groups excluding carboxylic acids is 1. The Balaban J connectivity index is 2.08. The van der Waals surface area contributed by atoms with Crippen molar-refractivity contribution in [2.75, 3.05) is 11.9 Å². The quantitative estimate of drug-likeness (QED) is 0.840. The molecular formula is C12H16FN3O. The normalized spacial score (nSPS) is 18.0. The van der Waals surface area contributed by atoms with Crippen molar-refractivity contribution in [2.45, 2.75) is 25.7 Å². The van der Waals surface area contributed by atoms with Crippen molar-refractivity contribution < 1.29 is 9.18 Å². The predicted octanol–water partition coefficient (Wildman–Crippen LogP) is 1.68. The van der Waals surface area contributed by atoms with Crippen LogP contribution in [0, 0.1) is 11.2 Å². The summed E-state index contributed by atoms with van der Waals surface area (Å²) in [6.45, 7) is 0.347. The van der Waals surface area contributed by atoms with E-state index in [0.29, 0.717) is 12.4 Å². The molecule has 92 valence electrons. The van der Waals surface area contributed by atoms with Gasteiger partial charge in [0.25, 0.3) is 0 Å². The molecule has 0 saturated heterocycles. The molecule has 1 amide bonds. The van der Waals surface area contributed by atoms with Gasteiger partial charge in [0.1, 0.15) is 11.6 Å². The molecule has 0 unspecified atom stereocenters. The average Bonchev–Trinajstić information content (AvgIpc) is 2.82. The highest BCUT2D eigenvalue weighted by atomic mass is 19.1. The number of nitrogens with two attached hydrogens (primary N) is 1. The van der Waals surface area contributed by atoms with Crippen LogP contribution in [0.5, 0.6) is 0 Å². The van der Waals surface area contributed by atoms with E-state index < -0.39 is 11.2 Å². The Morgan fingerprint density at radius 1 is 1.47 bits per heavy atom. The van der Waals surface area contributed by atoms with Crippen LogP contribution in [0.25, 0.3) is 0 Å². The van der Waals surface area contributed by atoms with E-state index in [0.717, 1.165) is 31.9 Å². The summed E-state index contributed by atoms with van der Waals surface area (Å²) in [5, 5.41) is 2.71. The van der Waals surface area contributed by atoms with Gasteiger partial charge >= 0.3 is 0 Å². The van der Waals surface area contributed by atoms with Crippen LogP contribution in [0.4, 0.5) is 10.2 Å². The average molecular weight is 237 g/mol. The van der Waals surface area contributed by atoms with E-state index >= 15 is 0 Å². The number of pyridine rings is 1. The molecule has 1 aromatic heterocycles. The van der Waals surface area contributed by atoms with Crippen LogP contribution in [0.1, 0.15) is 25.7 Å². The van der Waals surface area contributed by atoms with Gasteiger partial charge in [-0.25, -0.2) is 9.37 Å². The molecule has 4 nitrogen and oxygen atoms in total. The maximum atomic E-state index is 12.7. The first-order valence-electron chi connectivity index (χ1n) is 5.79. The first kappa shape index (κ1) is 12.0. The van der Waals surface area contributed by atoms with Gasteiger partial charge in [-0.3, -0.25) is 4.79 Å². The van der Waals surface area contributed by atoms with E-state index in [9.17, 15) is 9.18 Å². The highest BCUT2D eigenvalue weighted by Gasteiger charge is 2.39. The van der Waals surface area contributed by atoms with Crippen LogP contribution in [-0.2, 0) is 4.79 Å². The molecule has 17 heavy (non-hydrogen) atoms. The molecule has 0 radical (unpaired) electrons. The SMILES string of the molecule is NCC1(C(=O)Nc2ccc(F)cn2)CCCC1. The second-order valence-corrected chi connectivity index (χ2v) is 4.51. The van der Waals surface area contributed by atoms with Crippen LogP contribution in [0.2, 0.25) is 0 Å². The lowest BCUT2D eigenvalue weighted by atomic mass is 9.85. The fraction of sp³-hybridized carbons (Fsp3) is 0.500. The van der Waals surface area contributed by atoms with Crippen LogP contribution >= 0.6 is 0 Å². The third-order valence-electron chi connectivity index (χ3n) is 3.40. The van der Waals surface area contributed by atoms with E-state index in [1.54, 1.807) is 0 Å². The highest BCUT2D eigenvalue weighted by molar-refractivity contribution is 5.94. The smallest absolute Gasteiger partial charge is 0.233 e. The van der Waals surface area contributed by atoms with Crippen molar-refractivity contribution in [3.63, 3.8) is 0 Å². The van der Waals surface area contributed by atoms with E-state index in [1.165, 1.54) is 12.1 Å². The Morgan fingerprint density at radius 3 is 2.71 bits per heavy atom. The van der Waals surface area contributed by atoms with Gasteiger partial charge in [-0.2, -0.15) is 0 Å². The summed E-state index contributed by atoms with van der Waals surface area (Å²) in [4.78, 5) is 15.9. The number of nitrogens with zero attached hydrogens (tertiary/aromatic N) is 1. The Hall–Kier alpha value is -1.49. The van der Waals surface area contributed by atoms with Gasteiger partial charge in [0, 0.05) is 6.54 Å². The van der Waals surface area contributed by atoms with Crippen molar-refractivity contribution >= 4 is 11.7 Å². The topological polar surface area (TPSA) is 68.0 Å². The Bertz CT molecular complexity index is 399. The van der Waals surface area contributed by atoms with Crippen LogP contribution < -0.4 is 11.1 Å². The molecule has 0 bridgehead atoms. The molecule has 1 saturated carbocycles. The molecule has 0 aromatic carbocycles. The largest absolute Gasteiger partial charge is 0.329 e. The van der Waals surface area contributed by atoms with Crippen LogP contribution in [0.15, 0.2) is 18.3 Å². The van der Waals surface area contributed by atoms with E-state index in [4.69, 9.17) is 5.73 Å². The lowest BCUT2D eigenvalue weighted by Crippen LogP contribution is -2.40. The van der Waals surface area contributed by atoms with Crippen LogP contribution in [0.3, 0.4) is 0 Å². The zero-order chi connectivity index (χ0) is 12.3. The highest BCUT2D eigenvalue weighted by Crippen LogP contribution is 2.37. The molecular weight excluding hydrogens is 221 g/mol. The maximum absolute atomic E-state index is 12.7. The monoisotopic (exact) mass is 237 g/mol. The molecule has 1 aromatic rings. The molecule has 1 heterocycles. The number of aromatic nitrogens is 1. The summed E-state index contributed by atoms with van der Waals surface area (Å²) in [7, 11) is 0. The van der Waals surface area contributed by atoms with Gasteiger partial charge in [0.15, 0.2) is 0 Å². The molecule has 0 aliphatic heterocycles. The van der Waals surface area contributed by atoms with Crippen molar-refractivity contribution in [1.29, 1.82) is 0 Å². The molecule has 1 aliphatic rings. The third-order valence-corrected chi connectivity index (χ3v) is 3.40. The molecule has 5 heteroatoms. The molecule has 0 spiro atoms. The number of amides is 1. The molecule has 1 fully saturated rings. The zero-order valence-electron chi connectivity index (χ0n) is 9.58. The van der Waals surface area contributed by atoms with Crippen molar-refractivity contribution in [3.05, 3.63) is 24.1 Å². The molecule has 3 N–H and O–H groups in total. The third kappa shape index (κ3) is 2.44. The summed E-state index contributed by atoms with van der Waals surface area (Å²) in [6, 6.07) is 2.72. The van der Waals surface area contributed by atoms with Gasteiger partial charge in [-0.1, -0.05) is 12.8 Å². The summed E-state index contributed by atoms with van der Waals surface area (Å²) < 4.78 is 12.7. The number of rotatable bonds is 3. The standard InChI is InChI=1S/C12H16FN3O/c13-9-3-4-10(15-7-9)16-11(17)12(8-14)5-1-2-6-12/h3-4,7H,1-2,5-6,8,14H2,(H,15,16,17). The fourth-order valence-corrected chi connectivity index (χ4v) is 2.27. The number of carbonyl (C=O) groups is 1. The number of anilines is 1. The van der Waals surface area contributed by atoms with Crippen molar-refractivity contribution in [3.8, 4) is 0 Å². The van der Waals surface area contributed by atoms with Gasteiger partial charge in [-0.15, -0.1) is 0 Å². The van der Waals surface area contributed by atoms with E-state index in [2.05, 4.69) is 10.3 Å². The van der Waals surface area contributed by atoms with Gasteiger partial charge in [0.2, 0.25) is 5.91 Å². The summed E-state index contributed by atoms with van der Waals surface area (Å²) in [5.41, 5.74) is 5.24.